The minimum atomic E-state index is -0.525. The number of nitrogens with two attached hydrogens (primary N) is 1. The molecule has 0 aliphatic heterocycles. The van der Waals surface area contributed by atoms with Gasteiger partial charge >= 0.3 is 0 Å². The molecule has 0 aromatic heterocycles. The predicted molar refractivity (Wildman–Crippen MR) is 64.7 cm³/mol. The van der Waals surface area contributed by atoms with E-state index in [9.17, 15) is 14.9 Å². The molecule has 1 aromatic carbocycles. The van der Waals surface area contributed by atoms with Crippen LogP contribution in [0.15, 0.2) is 18.2 Å². The monoisotopic (exact) mass is 238 g/mol. The summed E-state index contributed by atoms with van der Waals surface area (Å²) in [6, 6.07) is 3.59. The molecule has 0 aliphatic rings. The lowest BCUT2D eigenvalue weighted by Crippen LogP contribution is -2.35. The zero-order chi connectivity index (χ0) is 13.0. The van der Waals surface area contributed by atoms with E-state index in [1.807, 2.05) is 0 Å². The standard InChI is InChI=1S/C10H14N4O3/c1-6(10(15)12-2)13-9-4-3-7(14(16)17)5-8(9)11/h3-6,13H,11H2,1-2H3,(H,12,15). The molecule has 0 saturated heterocycles. The summed E-state index contributed by atoms with van der Waals surface area (Å²) >= 11 is 0. The first-order valence-electron chi connectivity index (χ1n) is 4.97. The van der Waals surface area contributed by atoms with E-state index in [1.165, 1.54) is 25.2 Å². The van der Waals surface area contributed by atoms with Crippen LogP contribution < -0.4 is 16.4 Å². The first-order valence-corrected chi connectivity index (χ1v) is 4.97. The van der Waals surface area contributed by atoms with Crippen molar-refractivity contribution in [2.75, 3.05) is 18.1 Å². The van der Waals surface area contributed by atoms with Gasteiger partial charge in [0.2, 0.25) is 5.91 Å². The number of amides is 1. The second-order valence-corrected chi connectivity index (χ2v) is 3.51. The van der Waals surface area contributed by atoms with Crippen LogP contribution in [0.4, 0.5) is 17.1 Å². The molecule has 0 aliphatic carbocycles. The van der Waals surface area contributed by atoms with Crippen LogP contribution >= 0.6 is 0 Å². The summed E-state index contributed by atoms with van der Waals surface area (Å²) in [7, 11) is 1.53. The number of anilines is 2. The number of rotatable bonds is 4. The smallest absolute Gasteiger partial charge is 0.271 e. The fraction of sp³-hybridized carbons (Fsp3) is 0.300. The number of non-ortho nitro benzene ring substituents is 1. The Morgan fingerprint density at radius 1 is 1.53 bits per heavy atom. The Kier molecular flexibility index (Phi) is 3.86. The van der Waals surface area contributed by atoms with Crippen LogP contribution in [0.25, 0.3) is 0 Å². The molecule has 0 fully saturated rings. The Balaban J connectivity index is 2.86. The van der Waals surface area contributed by atoms with Crippen molar-refractivity contribution in [3.63, 3.8) is 0 Å². The molecule has 1 amide bonds. The van der Waals surface area contributed by atoms with Gasteiger partial charge in [0.05, 0.1) is 16.3 Å². The maximum atomic E-state index is 11.3. The molecular formula is C10H14N4O3. The third-order valence-electron chi connectivity index (χ3n) is 2.26. The summed E-state index contributed by atoms with van der Waals surface area (Å²) in [6.07, 6.45) is 0. The Bertz CT molecular complexity index is 447. The molecule has 0 saturated carbocycles. The number of hydrogen-bond donors (Lipinski definition) is 3. The minimum Gasteiger partial charge on any atom is -0.397 e. The van der Waals surface area contributed by atoms with Crippen molar-refractivity contribution in [2.45, 2.75) is 13.0 Å². The molecule has 0 radical (unpaired) electrons. The number of nitro benzene ring substituents is 1. The molecule has 1 rings (SSSR count). The number of nitrogens with one attached hydrogen (secondary N) is 2. The summed E-state index contributed by atoms with van der Waals surface area (Å²) in [4.78, 5) is 21.3. The minimum absolute atomic E-state index is 0.0827. The van der Waals surface area contributed by atoms with Gasteiger partial charge in [-0.3, -0.25) is 14.9 Å². The molecule has 17 heavy (non-hydrogen) atoms. The highest BCUT2D eigenvalue weighted by molar-refractivity contribution is 5.85. The van der Waals surface area contributed by atoms with Gasteiger partial charge in [-0.15, -0.1) is 0 Å². The Morgan fingerprint density at radius 3 is 2.65 bits per heavy atom. The normalized spacial score (nSPS) is 11.6. The highest BCUT2D eigenvalue weighted by Gasteiger charge is 2.14. The van der Waals surface area contributed by atoms with E-state index < -0.39 is 11.0 Å². The average molecular weight is 238 g/mol. The first kappa shape index (κ1) is 12.8. The topological polar surface area (TPSA) is 110 Å². The van der Waals surface area contributed by atoms with E-state index in [1.54, 1.807) is 6.92 Å². The van der Waals surface area contributed by atoms with Crippen LogP contribution in [0.5, 0.6) is 0 Å². The fourth-order valence-corrected chi connectivity index (χ4v) is 1.31. The van der Waals surface area contributed by atoms with Crippen molar-refractivity contribution < 1.29 is 9.72 Å². The second-order valence-electron chi connectivity index (χ2n) is 3.51. The molecule has 1 unspecified atom stereocenters. The van der Waals surface area contributed by atoms with Crippen molar-refractivity contribution in [1.82, 2.24) is 5.32 Å². The highest BCUT2D eigenvalue weighted by Crippen LogP contribution is 2.24. The lowest BCUT2D eigenvalue weighted by molar-refractivity contribution is -0.384. The van der Waals surface area contributed by atoms with Gasteiger partial charge in [0.1, 0.15) is 6.04 Å². The number of benzene rings is 1. The number of nitrogen functional groups attached to an aromatic ring is 1. The van der Waals surface area contributed by atoms with Crippen molar-refractivity contribution in [1.29, 1.82) is 0 Å². The Labute approximate surface area is 98.1 Å². The number of likely N-dealkylation sites (N-methyl/N-ethyl adjacent to an activating group) is 1. The summed E-state index contributed by atoms with van der Waals surface area (Å²) < 4.78 is 0. The van der Waals surface area contributed by atoms with Gasteiger partial charge in [0.25, 0.3) is 5.69 Å². The van der Waals surface area contributed by atoms with Gasteiger partial charge in [-0.05, 0) is 13.0 Å². The molecule has 0 spiro atoms. The van der Waals surface area contributed by atoms with Crippen LogP contribution in [0.1, 0.15) is 6.92 Å². The maximum Gasteiger partial charge on any atom is 0.271 e. The van der Waals surface area contributed by atoms with E-state index in [-0.39, 0.29) is 17.3 Å². The summed E-state index contributed by atoms with van der Waals surface area (Å²) in [5.41, 5.74) is 6.29. The Hall–Kier alpha value is -2.31. The van der Waals surface area contributed by atoms with Gasteiger partial charge in [-0.2, -0.15) is 0 Å². The predicted octanol–water partition coefficient (Wildman–Crippen LogP) is 0.723. The molecule has 7 heteroatoms. The highest BCUT2D eigenvalue weighted by atomic mass is 16.6. The van der Waals surface area contributed by atoms with Crippen LogP contribution in [0.3, 0.4) is 0 Å². The van der Waals surface area contributed by atoms with E-state index in [2.05, 4.69) is 10.6 Å². The van der Waals surface area contributed by atoms with Crippen molar-refractivity contribution in [3.8, 4) is 0 Å². The zero-order valence-electron chi connectivity index (χ0n) is 9.56. The van der Waals surface area contributed by atoms with E-state index in [4.69, 9.17) is 5.73 Å². The van der Waals surface area contributed by atoms with Gasteiger partial charge in [0.15, 0.2) is 0 Å². The summed E-state index contributed by atoms with van der Waals surface area (Å²) in [5, 5.41) is 15.9. The molecular weight excluding hydrogens is 224 g/mol. The lowest BCUT2D eigenvalue weighted by Gasteiger charge is -2.15. The van der Waals surface area contributed by atoms with Crippen molar-refractivity contribution >= 4 is 23.0 Å². The van der Waals surface area contributed by atoms with E-state index >= 15 is 0 Å². The van der Waals surface area contributed by atoms with E-state index in [0.717, 1.165) is 0 Å². The molecule has 7 nitrogen and oxygen atoms in total. The van der Waals surface area contributed by atoms with Gasteiger partial charge in [-0.1, -0.05) is 0 Å². The van der Waals surface area contributed by atoms with Gasteiger partial charge in [0, 0.05) is 19.2 Å². The van der Waals surface area contributed by atoms with Crippen LogP contribution in [-0.4, -0.2) is 23.9 Å². The number of carbonyl (C=O) groups excluding carboxylic acids is 1. The first-order chi connectivity index (χ1) is 7.95. The average Bonchev–Trinajstić information content (AvgIpc) is 2.30. The van der Waals surface area contributed by atoms with Gasteiger partial charge in [-0.25, -0.2) is 0 Å². The fourth-order valence-electron chi connectivity index (χ4n) is 1.31. The lowest BCUT2D eigenvalue weighted by atomic mass is 10.2. The van der Waals surface area contributed by atoms with E-state index in [0.29, 0.717) is 5.69 Å². The molecule has 1 atom stereocenters. The quantitative estimate of drug-likeness (QED) is 0.406. The molecule has 0 heterocycles. The van der Waals surface area contributed by atoms with Crippen LogP contribution in [0, 0.1) is 10.1 Å². The molecule has 92 valence electrons. The summed E-state index contributed by atoms with van der Waals surface area (Å²) in [5.74, 6) is -0.192. The largest absolute Gasteiger partial charge is 0.397 e. The Morgan fingerprint density at radius 2 is 2.18 bits per heavy atom. The third kappa shape index (κ3) is 3.07. The zero-order valence-corrected chi connectivity index (χ0v) is 9.56. The SMILES string of the molecule is CNC(=O)C(C)Nc1ccc([N+](=O)[O-])cc1N. The maximum absolute atomic E-state index is 11.3. The summed E-state index contributed by atoms with van der Waals surface area (Å²) in [6.45, 7) is 1.67. The van der Waals surface area contributed by atoms with Crippen LogP contribution in [0.2, 0.25) is 0 Å². The number of nitro groups is 1. The van der Waals surface area contributed by atoms with Gasteiger partial charge < -0.3 is 16.4 Å². The molecule has 4 N–H and O–H groups in total. The molecule has 1 aromatic rings. The number of nitrogens with zero attached hydrogens (tertiary/aromatic N) is 1. The number of carbonyl (C=O) groups is 1. The van der Waals surface area contributed by atoms with Crippen molar-refractivity contribution in [2.24, 2.45) is 0 Å². The molecule has 0 bridgehead atoms. The third-order valence-corrected chi connectivity index (χ3v) is 2.26. The van der Waals surface area contributed by atoms with Crippen LogP contribution in [-0.2, 0) is 4.79 Å². The number of hydrogen-bond acceptors (Lipinski definition) is 5. The van der Waals surface area contributed by atoms with Crippen molar-refractivity contribution in [3.05, 3.63) is 28.3 Å². The second kappa shape index (κ2) is 5.15.